The normalized spacial score (nSPS) is 9.33. The topological polar surface area (TPSA) is 92.4 Å². The molecule has 0 bridgehead atoms. The zero-order chi connectivity index (χ0) is 8.97. The predicted molar refractivity (Wildman–Crippen MR) is 36.5 cm³/mol. The Morgan fingerprint density at radius 1 is 1.67 bits per heavy atom. The molecule has 2 N–H and O–H groups in total. The number of nitrogens with zero attached hydrogens (tertiary/aromatic N) is 1. The quantitative estimate of drug-likeness (QED) is 0.637. The van der Waals surface area contributed by atoms with Gasteiger partial charge in [-0.15, -0.1) is 0 Å². The maximum absolute atomic E-state index is 10.9. The van der Waals surface area contributed by atoms with E-state index in [1.54, 1.807) is 0 Å². The summed E-state index contributed by atoms with van der Waals surface area (Å²) in [5.41, 5.74) is 0. The minimum atomic E-state index is -1.11. The lowest BCUT2D eigenvalue weighted by molar-refractivity contribution is -0.135. The lowest BCUT2D eigenvalue weighted by Crippen LogP contribution is -2.28. The van der Waals surface area contributed by atoms with Crippen LogP contribution in [0.25, 0.3) is 0 Å². The second kappa shape index (κ2) is 3.51. The third-order valence-electron chi connectivity index (χ3n) is 1.06. The Kier molecular flexibility index (Phi) is 2.42. The predicted octanol–water partition coefficient (Wildman–Crippen LogP) is -0.511. The molecule has 1 heterocycles. The first-order valence-electron chi connectivity index (χ1n) is 3.11. The van der Waals surface area contributed by atoms with E-state index in [1.165, 1.54) is 12.3 Å². The monoisotopic (exact) mass is 170 g/mol. The zero-order valence-electron chi connectivity index (χ0n) is 5.98. The van der Waals surface area contributed by atoms with Crippen LogP contribution in [0.2, 0.25) is 0 Å². The Balaban J connectivity index is 2.45. The summed E-state index contributed by atoms with van der Waals surface area (Å²) in [5.74, 6) is -1.70. The maximum atomic E-state index is 10.9. The van der Waals surface area contributed by atoms with Crippen LogP contribution in [0, 0.1) is 0 Å². The highest BCUT2D eigenvalue weighted by atomic mass is 16.5. The van der Waals surface area contributed by atoms with Gasteiger partial charge in [-0.1, -0.05) is 5.16 Å². The zero-order valence-corrected chi connectivity index (χ0v) is 5.98. The van der Waals surface area contributed by atoms with Gasteiger partial charge in [-0.05, 0) is 0 Å². The van der Waals surface area contributed by atoms with Gasteiger partial charge in [0.1, 0.15) is 6.54 Å². The molecule has 1 rings (SSSR count). The fraction of sp³-hybridized carbons (Fsp3) is 0.167. The van der Waals surface area contributed by atoms with Crippen molar-refractivity contribution in [2.45, 2.75) is 0 Å². The first-order chi connectivity index (χ1) is 5.70. The molecule has 6 nitrogen and oxygen atoms in total. The Hall–Kier alpha value is -1.85. The molecule has 0 aliphatic rings. The molecule has 0 aromatic carbocycles. The van der Waals surface area contributed by atoms with Crippen LogP contribution in [0.4, 0.5) is 0 Å². The molecule has 0 atom stereocenters. The first kappa shape index (κ1) is 8.25. The van der Waals surface area contributed by atoms with E-state index in [1.807, 2.05) is 0 Å². The highest BCUT2D eigenvalue weighted by Crippen LogP contribution is 1.94. The van der Waals surface area contributed by atoms with E-state index in [9.17, 15) is 9.59 Å². The first-order valence-corrected chi connectivity index (χ1v) is 3.11. The van der Waals surface area contributed by atoms with Crippen molar-refractivity contribution in [3.8, 4) is 0 Å². The van der Waals surface area contributed by atoms with E-state index in [0.717, 1.165) is 0 Å². The van der Waals surface area contributed by atoms with Crippen LogP contribution in [-0.2, 0) is 4.79 Å². The van der Waals surface area contributed by atoms with Crippen LogP contribution in [0.15, 0.2) is 16.8 Å². The largest absolute Gasteiger partial charge is 0.480 e. The summed E-state index contributed by atoms with van der Waals surface area (Å²) in [6.07, 6.45) is 1.30. The Morgan fingerprint density at radius 3 is 2.92 bits per heavy atom. The van der Waals surface area contributed by atoms with Crippen molar-refractivity contribution in [1.29, 1.82) is 0 Å². The molecule has 0 saturated heterocycles. The number of aliphatic carboxylic acids is 1. The lowest BCUT2D eigenvalue weighted by atomic mass is 10.4. The van der Waals surface area contributed by atoms with Gasteiger partial charge in [0, 0.05) is 6.07 Å². The molecule has 0 aliphatic heterocycles. The standard InChI is InChI=1S/C6H6N2O4/c9-5(10)3-7-6(11)4-1-2-8-12-4/h1-2H,3H2,(H,7,11)(H,9,10). The van der Waals surface area contributed by atoms with E-state index < -0.39 is 18.4 Å². The third kappa shape index (κ3) is 2.08. The summed E-state index contributed by atoms with van der Waals surface area (Å²) in [6, 6.07) is 1.34. The average Bonchev–Trinajstić information content (AvgIpc) is 2.51. The van der Waals surface area contributed by atoms with Crippen LogP contribution in [0.1, 0.15) is 10.6 Å². The van der Waals surface area contributed by atoms with Crippen molar-refractivity contribution < 1.29 is 19.2 Å². The Morgan fingerprint density at radius 2 is 2.42 bits per heavy atom. The molecular weight excluding hydrogens is 164 g/mol. The number of carboxylic acids is 1. The fourth-order valence-corrected chi connectivity index (χ4v) is 0.576. The number of hydrogen-bond acceptors (Lipinski definition) is 4. The van der Waals surface area contributed by atoms with Crippen molar-refractivity contribution in [3.63, 3.8) is 0 Å². The molecule has 12 heavy (non-hydrogen) atoms. The third-order valence-corrected chi connectivity index (χ3v) is 1.06. The van der Waals surface area contributed by atoms with Crippen molar-refractivity contribution in [3.05, 3.63) is 18.0 Å². The number of hydrogen-bond donors (Lipinski definition) is 2. The van der Waals surface area contributed by atoms with Gasteiger partial charge in [-0.25, -0.2) is 0 Å². The molecule has 0 spiro atoms. The highest BCUT2D eigenvalue weighted by Gasteiger charge is 2.09. The average molecular weight is 170 g/mol. The number of carbonyl (C=O) groups excluding carboxylic acids is 1. The van der Waals surface area contributed by atoms with Gasteiger partial charge in [0.15, 0.2) is 0 Å². The summed E-state index contributed by atoms with van der Waals surface area (Å²) in [4.78, 5) is 20.9. The number of carboxylic acid groups (broad SMARTS) is 1. The van der Waals surface area contributed by atoms with Crippen LogP contribution >= 0.6 is 0 Å². The molecule has 0 saturated carbocycles. The van der Waals surface area contributed by atoms with E-state index in [-0.39, 0.29) is 5.76 Å². The van der Waals surface area contributed by atoms with Gasteiger partial charge < -0.3 is 14.9 Å². The summed E-state index contributed by atoms with van der Waals surface area (Å²) in [7, 11) is 0. The lowest BCUT2D eigenvalue weighted by Gasteiger charge is -1.95. The van der Waals surface area contributed by atoms with Crippen LogP contribution in [0.3, 0.4) is 0 Å². The second-order valence-electron chi connectivity index (χ2n) is 1.95. The van der Waals surface area contributed by atoms with Gasteiger partial charge in [0.2, 0.25) is 5.76 Å². The number of aromatic nitrogens is 1. The maximum Gasteiger partial charge on any atom is 0.322 e. The Labute approximate surface area is 67.2 Å². The number of amides is 1. The molecule has 0 aliphatic carbocycles. The molecule has 1 aromatic rings. The van der Waals surface area contributed by atoms with Crippen LogP contribution < -0.4 is 5.32 Å². The van der Waals surface area contributed by atoms with Crippen molar-refractivity contribution in [2.24, 2.45) is 0 Å². The smallest absolute Gasteiger partial charge is 0.322 e. The van der Waals surface area contributed by atoms with Crippen LogP contribution in [-0.4, -0.2) is 28.7 Å². The second-order valence-corrected chi connectivity index (χ2v) is 1.95. The molecule has 6 heteroatoms. The van der Waals surface area contributed by atoms with Gasteiger partial charge >= 0.3 is 5.97 Å². The summed E-state index contributed by atoms with van der Waals surface area (Å²) in [5, 5.41) is 13.6. The fourth-order valence-electron chi connectivity index (χ4n) is 0.576. The summed E-state index contributed by atoms with van der Waals surface area (Å²) < 4.78 is 4.47. The van der Waals surface area contributed by atoms with E-state index in [4.69, 9.17) is 5.11 Å². The molecule has 0 unspecified atom stereocenters. The molecule has 1 aromatic heterocycles. The molecule has 0 fully saturated rings. The van der Waals surface area contributed by atoms with Crippen molar-refractivity contribution >= 4 is 11.9 Å². The Bertz CT molecular complexity index is 280. The number of nitrogens with one attached hydrogen (secondary N) is 1. The molecule has 1 amide bonds. The highest BCUT2D eigenvalue weighted by molar-refractivity contribution is 5.93. The van der Waals surface area contributed by atoms with E-state index >= 15 is 0 Å². The van der Waals surface area contributed by atoms with Gasteiger partial charge in [0.05, 0.1) is 6.20 Å². The molecule has 0 radical (unpaired) electrons. The molecule has 64 valence electrons. The van der Waals surface area contributed by atoms with Gasteiger partial charge in [-0.3, -0.25) is 9.59 Å². The molecular formula is C6H6N2O4. The van der Waals surface area contributed by atoms with Gasteiger partial charge in [0.25, 0.3) is 5.91 Å². The van der Waals surface area contributed by atoms with Crippen molar-refractivity contribution in [1.82, 2.24) is 10.5 Å². The summed E-state index contributed by atoms with van der Waals surface area (Å²) >= 11 is 0. The van der Waals surface area contributed by atoms with E-state index in [0.29, 0.717) is 0 Å². The number of carbonyl (C=O) groups is 2. The summed E-state index contributed by atoms with van der Waals surface area (Å²) in [6.45, 7) is -0.431. The van der Waals surface area contributed by atoms with Crippen LogP contribution in [0.5, 0.6) is 0 Å². The van der Waals surface area contributed by atoms with Crippen molar-refractivity contribution in [2.75, 3.05) is 6.54 Å². The SMILES string of the molecule is O=C(O)CNC(=O)c1ccno1. The minimum Gasteiger partial charge on any atom is -0.480 e. The number of rotatable bonds is 3. The van der Waals surface area contributed by atoms with E-state index in [2.05, 4.69) is 15.0 Å². The van der Waals surface area contributed by atoms with Gasteiger partial charge in [-0.2, -0.15) is 0 Å². The minimum absolute atomic E-state index is 0.00347.